The molecule has 56 heavy (non-hydrogen) atoms. The summed E-state index contributed by atoms with van der Waals surface area (Å²) in [6.07, 6.45) is 5.08. The molecule has 0 aliphatic carbocycles. The minimum absolute atomic E-state index is 0.00693. The Morgan fingerprint density at radius 1 is 0.982 bits per heavy atom. The fraction of sp³-hybridized carbons (Fsp3) is 0.286. The van der Waals surface area contributed by atoms with Gasteiger partial charge in [0.05, 0.1) is 25.8 Å². The van der Waals surface area contributed by atoms with Crippen LogP contribution in [0.1, 0.15) is 83.5 Å². The van der Waals surface area contributed by atoms with Gasteiger partial charge in [0.15, 0.2) is 5.69 Å². The molecule has 1 aliphatic rings. The molecular formula is C42H42N4O9S. The maximum Gasteiger partial charge on any atom is 0.418 e. The number of esters is 2. The first-order valence-electron chi connectivity index (χ1n) is 18.1. The van der Waals surface area contributed by atoms with Crippen LogP contribution >= 0.6 is 11.3 Å². The molecule has 0 saturated carbocycles. The number of hydrogen-bond donors (Lipinski definition) is 2. The third kappa shape index (κ3) is 8.35. The standard InChI is InChI=1S/C42H42N4O9S/c1-7-18-43-39(49)32-11-9-27(36(44-32)40(50)52-6)28-23-34-30(37-24(16-20-54-34)17-21-56-37)22-29(28)38(48)45-31-12-13-33-26(25(31)10-14-35(47)53-8-2)15-19-46(33)41(51)55-42(3,4)5/h9-15,17,19,21-23H,7-8,16,18,20H2,1-6H3,(H,43,49)(H,45,48)/b14-10+. The number of nitrogens with zero attached hydrogens (tertiary/aromatic N) is 2. The Labute approximate surface area is 327 Å². The minimum atomic E-state index is -0.806. The average molecular weight is 779 g/mol. The lowest BCUT2D eigenvalue weighted by molar-refractivity contribution is -0.137. The fourth-order valence-electron chi connectivity index (χ4n) is 6.24. The highest BCUT2D eigenvalue weighted by Gasteiger charge is 2.28. The summed E-state index contributed by atoms with van der Waals surface area (Å²) in [5.41, 5.74) is 2.76. The van der Waals surface area contributed by atoms with Crippen LogP contribution in [0.2, 0.25) is 0 Å². The van der Waals surface area contributed by atoms with Gasteiger partial charge in [-0.25, -0.2) is 19.4 Å². The first-order valence-corrected chi connectivity index (χ1v) is 19.0. The SMILES string of the molecule is CCCNC(=O)c1ccc(-c2cc3c(cc2C(=O)Nc2ccc4c(ccn4C(=O)OC(C)(C)C)c2/C=C/C(=O)OCC)-c2sccc2CCO3)c(C(=O)OC)n1. The Kier molecular flexibility index (Phi) is 11.7. The second-order valence-corrected chi connectivity index (χ2v) is 14.7. The predicted octanol–water partition coefficient (Wildman–Crippen LogP) is 7.90. The molecule has 0 spiro atoms. The van der Waals surface area contributed by atoms with Crippen molar-refractivity contribution in [2.75, 3.05) is 32.2 Å². The van der Waals surface area contributed by atoms with E-state index in [9.17, 15) is 24.0 Å². The zero-order valence-corrected chi connectivity index (χ0v) is 32.8. The number of pyridine rings is 1. The lowest BCUT2D eigenvalue weighted by Crippen LogP contribution is -2.26. The van der Waals surface area contributed by atoms with Crippen LogP contribution in [0.25, 0.3) is 38.5 Å². The van der Waals surface area contributed by atoms with Crippen LogP contribution in [-0.4, -0.2) is 71.9 Å². The van der Waals surface area contributed by atoms with Crippen molar-refractivity contribution < 1.29 is 42.9 Å². The summed E-state index contributed by atoms with van der Waals surface area (Å²) in [4.78, 5) is 71.9. The maximum atomic E-state index is 14.7. The van der Waals surface area contributed by atoms with Crippen LogP contribution in [0, 0.1) is 0 Å². The van der Waals surface area contributed by atoms with E-state index in [1.165, 1.54) is 41.2 Å². The van der Waals surface area contributed by atoms with Crippen LogP contribution < -0.4 is 15.4 Å². The lowest BCUT2D eigenvalue weighted by Gasteiger charge is -2.20. The molecule has 6 rings (SSSR count). The molecule has 5 aromatic rings. The van der Waals surface area contributed by atoms with Crippen molar-refractivity contribution in [3.05, 3.63) is 94.3 Å². The molecule has 0 bridgehead atoms. The van der Waals surface area contributed by atoms with E-state index < -0.39 is 35.4 Å². The Bertz CT molecular complexity index is 2380. The van der Waals surface area contributed by atoms with E-state index in [1.54, 1.807) is 70.3 Å². The summed E-state index contributed by atoms with van der Waals surface area (Å²) in [5, 5.41) is 8.30. The van der Waals surface area contributed by atoms with Crippen molar-refractivity contribution in [3.8, 4) is 27.3 Å². The predicted molar refractivity (Wildman–Crippen MR) is 213 cm³/mol. The number of amides is 2. The van der Waals surface area contributed by atoms with Gasteiger partial charge in [0.2, 0.25) is 0 Å². The van der Waals surface area contributed by atoms with Gasteiger partial charge in [-0.2, -0.15) is 0 Å². The molecule has 1 aliphatic heterocycles. The molecule has 14 heteroatoms. The minimum Gasteiger partial charge on any atom is -0.493 e. The van der Waals surface area contributed by atoms with Crippen LogP contribution in [-0.2, 0) is 25.4 Å². The number of methoxy groups -OCH3 is 1. The van der Waals surface area contributed by atoms with E-state index >= 15 is 0 Å². The summed E-state index contributed by atoms with van der Waals surface area (Å²) in [5.74, 6) is -1.93. The molecule has 0 fully saturated rings. The van der Waals surface area contributed by atoms with Gasteiger partial charge in [-0.3, -0.25) is 14.2 Å². The van der Waals surface area contributed by atoms with E-state index in [0.29, 0.717) is 65.0 Å². The molecule has 4 heterocycles. The Balaban J connectivity index is 1.51. The van der Waals surface area contributed by atoms with E-state index in [1.807, 2.05) is 18.4 Å². The topological polar surface area (TPSA) is 164 Å². The largest absolute Gasteiger partial charge is 0.493 e. The Hall–Kier alpha value is -6.28. The van der Waals surface area contributed by atoms with Gasteiger partial charge in [0.25, 0.3) is 11.8 Å². The van der Waals surface area contributed by atoms with Crippen molar-refractivity contribution >= 4 is 63.8 Å². The van der Waals surface area contributed by atoms with E-state index in [4.69, 9.17) is 18.9 Å². The monoisotopic (exact) mass is 778 g/mol. The lowest BCUT2D eigenvalue weighted by atomic mass is 9.93. The zero-order valence-electron chi connectivity index (χ0n) is 31.9. The van der Waals surface area contributed by atoms with Crippen LogP contribution in [0.3, 0.4) is 0 Å². The molecule has 0 radical (unpaired) electrons. The van der Waals surface area contributed by atoms with Crippen LogP contribution in [0.4, 0.5) is 10.5 Å². The number of rotatable bonds is 10. The smallest absolute Gasteiger partial charge is 0.418 e. The van der Waals surface area contributed by atoms with Gasteiger partial charge in [-0.1, -0.05) is 6.92 Å². The summed E-state index contributed by atoms with van der Waals surface area (Å²) in [7, 11) is 1.21. The number of ether oxygens (including phenoxy) is 4. The number of fused-ring (bicyclic) bond motifs is 4. The van der Waals surface area contributed by atoms with E-state index in [2.05, 4.69) is 15.6 Å². The third-order valence-electron chi connectivity index (χ3n) is 8.74. The van der Waals surface area contributed by atoms with Gasteiger partial charge in [0.1, 0.15) is 17.0 Å². The van der Waals surface area contributed by atoms with Gasteiger partial charge in [-0.05, 0) is 99.7 Å². The maximum absolute atomic E-state index is 14.7. The molecule has 290 valence electrons. The molecule has 3 aromatic heterocycles. The van der Waals surface area contributed by atoms with Crippen LogP contribution in [0.15, 0.2) is 66.2 Å². The molecule has 0 atom stereocenters. The average Bonchev–Trinajstić information content (AvgIpc) is 3.79. The third-order valence-corrected chi connectivity index (χ3v) is 9.73. The van der Waals surface area contributed by atoms with Crippen molar-refractivity contribution in [2.45, 2.75) is 53.1 Å². The second kappa shape index (κ2) is 16.6. The first kappa shape index (κ1) is 39.4. The Morgan fingerprint density at radius 2 is 1.79 bits per heavy atom. The van der Waals surface area contributed by atoms with Crippen molar-refractivity contribution in [1.82, 2.24) is 14.9 Å². The number of benzene rings is 2. The molecule has 0 unspecified atom stereocenters. The highest BCUT2D eigenvalue weighted by atomic mass is 32.1. The van der Waals surface area contributed by atoms with Crippen molar-refractivity contribution in [3.63, 3.8) is 0 Å². The van der Waals surface area contributed by atoms with Crippen molar-refractivity contribution in [2.24, 2.45) is 0 Å². The Morgan fingerprint density at radius 3 is 2.52 bits per heavy atom. The quantitative estimate of drug-likeness (QED) is 0.0809. The molecule has 2 N–H and O–H groups in total. The highest BCUT2D eigenvalue weighted by molar-refractivity contribution is 7.13. The van der Waals surface area contributed by atoms with E-state index in [0.717, 1.165) is 10.4 Å². The second-order valence-electron chi connectivity index (χ2n) is 13.8. The number of aromatic nitrogens is 2. The normalized spacial score (nSPS) is 12.2. The number of carbonyl (C=O) groups is 5. The highest BCUT2D eigenvalue weighted by Crippen LogP contribution is 2.43. The molecule has 0 saturated heterocycles. The number of hydrogen-bond acceptors (Lipinski definition) is 11. The molecule has 2 amide bonds. The van der Waals surface area contributed by atoms with Gasteiger partial charge in [-0.15, -0.1) is 11.3 Å². The van der Waals surface area contributed by atoms with Crippen molar-refractivity contribution in [1.29, 1.82) is 0 Å². The molecule has 2 aromatic carbocycles. The fourth-order valence-corrected chi connectivity index (χ4v) is 7.22. The zero-order chi connectivity index (χ0) is 40.1. The van der Waals surface area contributed by atoms with Crippen LogP contribution in [0.5, 0.6) is 5.75 Å². The van der Waals surface area contributed by atoms with E-state index in [-0.39, 0.29) is 29.1 Å². The number of anilines is 1. The van der Waals surface area contributed by atoms with Gasteiger partial charge >= 0.3 is 18.0 Å². The van der Waals surface area contributed by atoms with Gasteiger partial charge < -0.3 is 29.6 Å². The first-order chi connectivity index (χ1) is 26.8. The summed E-state index contributed by atoms with van der Waals surface area (Å²) >= 11 is 1.52. The number of carbonyl (C=O) groups excluding carboxylic acids is 5. The van der Waals surface area contributed by atoms with Gasteiger partial charge in [0, 0.05) is 69.0 Å². The molecule has 13 nitrogen and oxygen atoms in total. The summed E-state index contributed by atoms with van der Waals surface area (Å²) < 4.78 is 23.4. The number of thiophene rings is 1. The summed E-state index contributed by atoms with van der Waals surface area (Å²) in [6, 6.07) is 13.5. The number of nitrogens with one attached hydrogen (secondary N) is 2. The summed E-state index contributed by atoms with van der Waals surface area (Å²) in [6.45, 7) is 9.88. The molecular weight excluding hydrogens is 737 g/mol.